The van der Waals surface area contributed by atoms with E-state index in [9.17, 15) is 40.5 Å². The zero-order chi connectivity index (χ0) is 20.1. The number of benzene rings is 2. The quantitative estimate of drug-likeness (QED) is 0.374. The van der Waals surface area contributed by atoms with Gasteiger partial charge < -0.3 is 9.31 Å². The minimum absolute atomic E-state index is 0.421. The maximum atomic E-state index is 11.0. The first-order chi connectivity index (χ1) is 12.7. The summed E-state index contributed by atoms with van der Waals surface area (Å²) in [5.41, 5.74) is -2.55. The van der Waals surface area contributed by atoms with Gasteiger partial charge in [-0.25, -0.2) is 0 Å². The molecule has 2 rings (SSSR count). The Labute approximate surface area is 148 Å². The van der Waals surface area contributed by atoms with Gasteiger partial charge >= 0.3 is 19.1 Å². The van der Waals surface area contributed by atoms with Crippen molar-refractivity contribution in [3.05, 3.63) is 76.9 Å². The molecule has 14 nitrogen and oxygen atoms in total. The van der Waals surface area contributed by atoms with Gasteiger partial charge in [0, 0.05) is 12.1 Å². The highest BCUT2D eigenvalue weighted by atomic mass is 16.6. The standard InChI is InChI=1S/C12H6BN4O10/c18-14(19)7-1-3-11(9(5-7)16(22)23)26-13-27-12-4-2-8(15(20)21)6-10(12)17(24)25/h1-6H. The minimum Gasteiger partial charge on any atom is -0.521 e. The van der Waals surface area contributed by atoms with E-state index in [1.54, 1.807) is 0 Å². The number of hydrogen-bond acceptors (Lipinski definition) is 10. The smallest absolute Gasteiger partial charge is 0.521 e. The first kappa shape index (κ1) is 19.0. The van der Waals surface area contributed by atoms with Crippen LogP contribution in [0.1, 0.15) is 0 Å². The molecule has 0 heterocycles. The lowest BCUT2D eigenvalue weighted by atomic mass is 10.2. The molecule has 0 aliphatic heterocycles. The molecular weight excluding hydrogens is 371 g/mol. The number of nitro benzene ring substituents is 4. The summed E-state index contributed by atoms with van der Waals surface area (Å²) >= 11 is 0. The zero-order valence-corrected chi connectivity index (χ0v) is 12.9. The third-order valence-electron chi connectivity index (χ3n) is 3.05. The zero-order valence-electron chi connectivity index (χ0n) is 12.9. The fourth-order valence-corrected chi connectivity index (χ4v) is 1.85. The van der Waals surface area contributed by atoms with Crippen molar-refractivity contribution >= 4 is 30.4 Å². The summed E-state index contributed by atoms with van der Waals surface area (Å²) in [7, 11) is 0.516. The highest BCUT2D eigenvalue weighted by Gasteiger charge is 2.24. The Kier molecular flexibility index (Phi) is 5.45. The van der Waals surface area contributed by atoms with Crippen LogP contribution in [0.5, 0.6) is 11.5 Å². The van der Waals surface area contributed by atoms with Gasteiger partial charge in [-0.15, -0.1) is 0 Å². The normalized spacial score (nSPS) is 9.93. The van der Waals surface area contributed by atoms with E-state index < -0.39 is 53.9 Å². The molecule has 0 N–H and O–H groups in total. The minimum atomic E-state index is -0.926. The van der Waals surface area contributed by atoms with E-state index in [-0.39, 0.29) is 0 Å². The van der Waals surface area contributed by atoms with Crippen LogP contribution in [0.25, 0.3) is 0 Å². The summed E-state index contributed by atoms with van der Waals surface area (Å²) in [5.74, 6) is -0.842. The Morgan fingerprint density at radius 3 is 1.30 bits per heavy atom. The first-order valence-electron chi connectivity index (χ1n) is 6.71. The highest BCUT2D eigenvalue weighted by Crippen LogP contribution is 2.33. The molecule has 2 aromatic rings. The van der Waals surface area contributed by atoms with Crippen molar-refractivity contribution < 1.29 is 29.0 Å². The van der Waals surface area contributed by atoms with Gasteiger partial charge in [0.1, 0.15) is 0 Å². The molecule has 0 aliphatic rings. The molecule has 27 heavy (non-hydrogen) atoms. The monoisotopic (exact) mass is 377 g/mol. The fraction of sp³-hybridized carbons (Fsp3) is 0. The lowest BCUT2D eigenvalue weighted by Gasteiger charge is -2.07. The van der Waals surface area contributed by atoms with Crippen molar-refractivity contribution in [3.8, 4) is 11.5 Å². The van der Waals surface area contributed by atoms with E-state index in [1.807, 2.05) is 0 Å². The molecule has 0 fully saturated rings. The number of nitrogens with zero attached hydrogens (tertiary/aromatic N) is 4. The highest BCUT2D eigenvalue weighted by molar-refractivity contribution is 6.21. The topological polar surface area (TPSA) is 191 Å². The molecule has 15 heteroatoms. The second-order valence-electron chi connectivity index (χ2n) is 4.66. The van der Waals surface area contributed by atoms with Gasteiger partial charge in [-0.1, -0.05) is 0 Å². The molecule has 0 bridgehead atoms. The van der Waals surface area contributed by atoms with Crippen LogP contribution in [0, 0.1) is 40.5 Å². The Balaban J connectivity index is 2.19. The fourth-order valence-electron chi connectivity index (χ4n) is 1.85. The summed E-state index contributed by atoms with van der Waals surface area (Å²) < 4.78 is 9.76. The molecule has 0 aliphatic carbocycles. The lowest BCUT2D eigenvalue weighted by molar-refractivity contribution is -0.394. The van der Waals surface area contributed by atoms with Crippen LogP contribution in [0.4, 0.5) is 22.7 Å². The summed E-state index contributed by atoms with van der Waals surface area (Å²) in [6.07, 6.45) is 0. The van der Waals surface area contributed by atoms with Crippen molar-refractivity contribution in [1.29, 1.82) is 0 Å². The van der Waals surface area contributed by atoms with E-state index in [0.717, 1.165) is 24.3 Å². The number of non-ortho nitro benzene ring substituents is 2. The van der Waals surface area contributed by atoms with E-state index >= 15 is 0 Å². The van der Waals surface area contributed by atoms with Crippen LogP contribution in [0.3, 0.4) is 0 Å². The molecule has 0 atom stereocenters. The molecule has 0 saturated carbocycles. The van der Waals surface area contributed by atoms with Crippen LogP contribution in [0.15, 0.2) is 36.4 Å². The van der Waals surface area contributed by atoms with Crippen LogP contribution < -0.4 is 9.31 Å². The Hall–Kier alpha value is -4.30. The molecule has 137 valence electrons. The van der Waals surface area contributed by atoms with Crippen LogP contribution in [-0.4, -0.2) is 27.4 Å². The SMILES string of the molecule is O=[N+]([O-])c1ccc(O[B]Oc2ccc([N+](=O)[O-])cc2[N+](=O)[O-])c([N+](=O)[O-])c1. The van der Waals surface area contributed by atoms with Gasteiger partial charge in [-0.05, 0) is 12.1 Å². The van der Waals surface area contributed by atoms with Gasteiger partial charge in [-0.3, -0.25) is 40.5 Å². The first-order valence-corrected chi connectivity index (χ1v) is 6.71. The molecule has 0 amide bonds. The average molecular weight is 377 g/mol. The van der Waals surface area contributed by atoms with Crippen molar-refractivity contribution in [1.82, 2.24) is 0 Å². The van der Waals surface area contributed by atoms with Crippen molar-refractivity contribution in [3.63, 3.8) is 0 Å². The summed E-state index contributed by atoms with van der Waals surface area (Å²) in [6, 6.07) is 5.12. The largest absolute Gasteiger partial charge is 0.658 e. The maximum absolute atomic E-state index is 11.0. The van der Waals surface area contributed by atoms with Gasteiger partial charge in [-0.2, -0.15) is 0 Å². The number of nitro groups is 4. The molecule has 0 saturated heterocycles. The molecule has 1 radical (unpaired) electrons. The molecule has 2 aromatic carbocycles. The second-order valence-corrected chi connectivity index (χ2v) is 4.66. The van der Waals surface area contributed by atoms with Crippen LogP contribution >= 0.6 is 0 Å². The third-order valence-corrected chi connectivity index (χ3v) is 3.05. The van der Waals surface area contributed by atoms with Crippen molar-refractivity contribution in [2.24, 2.45) is 0 Å². The Morgan fingerprint density at radius 2 is 1.00 bits per heavy atom. The van der Waals surface area contributed by atoms with Gasteiger partial charge in [0.15, 0.2) is 11.5 Å². The predicted octanol–water partition coefficient (Wildman–Crippen LogP) is 2.31. The summed E-state index contributed by atoms with van der Waals surface area (Å²) in [6.45, 7) is 0. The van der Waals surface area contributed by atoms with E-state index in [1.165, 1.54) is 0 Å². The summed E-state index contributed by atoms with van der Waals surface area (Å²) in [4.78, 5) is 39.7. The molecule has 0 aromatic heterocycles. The van der Waals surface area contributed by atoms with E-state index in [0.29, 0.717) is 19.8 Å². The van der Waals surface area contributed by atoms with Gasteiger partial charge in [0.25, 0.3) is 11.4 Å². The van der Waals surface area contributed by atoms with Crippen molar-refractivity contribution in [2.45, 2.75) is 0 Å². The third kappa shape index (κ3) is 4.41. The maximum Gasteiger partial charge on any atom is 0.658 e. The van der Waals surface area contributed by atoms with Crippen LogP contribution in [0.2, 0.25) is 0 Å². The lowest BCUT2D eigenvalue weighted by Crippen LogP contribution is -2.13. The molecule has 0 spiro atoms. The van der Waals surface area contributed by atoms with Gasteiger partial charge in [0.05, 0.1) is 31.8 Å². The number of rotatable bonds is 8. The number of hydrogen-bond donors (Lipinski definition) is 0. The Morgan fingerprint density at radius 1 is 0.630 bits per heavy atom. The van der Waals surface area contributed by atoms with Crippen LogP contribution in [-0.2, 0) is 0 Å². The second kappa shape index (κ2) is 7.73. The van der Waals surface area contributed by atoms with E-state index in [2.05, 4.69) is 0 Å². The molecular formula is C12H6BN4O10. The van der Waals surface area contributed by atoms with E-state index in [4.69, 9.17) is 9.31 Å². The van der Waals surface area contributed by atoms with Gasteiger partial charge in [0.2, 0.25) is 0 Å². The Bertz CT molecular complexity index is 874. The summed E-state index contributed by atoms with van der Waals surface area (Å²) in [5, 5.41) is 43.3. The van der Waals surface area contributed by atoms with Crippen molar-refractivity contribution in [2.75, 3.05) is 0 Å². The predicted molar refractivity (Wildman–Crippen MR) is 86.5 cm³/mol. The average Bonchev–Trinajstić information content (AvgIpc) is 2.61. The molecule has 0 unspecified atom stereocenters.